The van der Waals surface area contributed by atoms with Crippen LogP contribution in [-0.2, 0) is 0 Å². The third-order valence-electron chi connectivity index (χ3n) is 3.12. The molecule has 3 rings (SSSR count). The Bertz CT molecular complexity index is 579. The number of rotatable bonds is 4. The highest BCUT2D eigenvalue weighted by atomic mass is 79.9. The highest BCUT2D eigenvalue weighted by Crippen LogP contribution is 2.39. The summed E-state index contributed by atoms with van der Waals surface area (Å²) in [4.78, 5) is 9.11. The Labute approximate surface area is 121 Å². The summed E-state index contributed by atoms with van der Waals surface area (Å²) in [6.07, 6.45) is 2.42. The Morgan fingerprint density at radius 1 is 1.21 bits per heavy atom. The van der Waals surface area contributed by atoms with E-state index in [0.29, 0.717) is 12.5 Å². The van der Waals surface area contributed by atoms with Crippen LogP contribution in [0.25, 0.3) is 11.3 Å². The normalized spacial score (nSPS) is 14.4. The maximum absolute atomic E-state index is 5.45. The molecule has 4 heteroatoms. The number of hydrogen-bond acceptors (Lipinski definition) is 3. The molecule has 1 aromatic heterocycles. The van der Waals surface area contributed by atoms with Gasteiger partial charge in [0.2, 0.25) is 0 Å². The zero-order chi connectivity index (χ0) is 13.2. The molecular weight excluding hydrogens is 304 g/mol. The van der Waals surface area contributed by atoms with E-state index in [9.17, 15) is 0 Å². The number of halogens is 1. The van der Waals surface area contributed by atoms with Gasteiger partial charge in [-0.2, -0.15) is 0 Å². The number of hydrogen-bond donors (Lipinski definition) is 0. The first-order valence-corrected chi connectivity index (χ1v) is 7.33. The molecule has 0 saturated heterocycles. The lowest BCUT2D eigenvalue weighted by molar-refractivity contribution is 0.340. The largest absolute Gasteiger partial charge is 0.494 e. The number of aromatic nitrogens is 2. The molecule has 98 valence electrons. The minimum atomic E-state index is 0.555. The van der Waals surface area contributed by atoms with E-state index in [4.69, 9.17) is 4.74 Å². The summed E-state index contributed by atoms with van der Waals surface area (Å²) in [5.74, 6) is 2.40. The van der Waals surface area contributed by atoms with Crippen LogP contribution in [0.2, 0.25) is 0 Å². The van der Waals surface area contributed by atoms with Gasteiger partial charge in [0.05, 0.1) is 12.3 Å². The average Bonchev–Trinajstić information content (AvgIpc) is 3.23. The molecule has 0 radical (unpaired) electrons. The molecule has 1 heterocycles. The summed E-state index contributed by atoms with van der Waals surface area (Å²) < 4.78 is 6.31. The first kappa shape index (κ1) is 12.6. The van der Waals surface area contributed by atoms with Crippen molar-refractivity contribution in [1.29, 1.82) is 0 Å². The van der Waals surface area contributed by atoms with Crippen LogP contribution in [-0.4, -0.2) is 16.6 Å². The van der Waals surface area contributed by atoms with Gasteiger partial charge in [-0.3, -0.25) is 0 Å². The molecule has 0 atom stereocenters. The predicted octanol–water partition coefficient (Wildman–Crippen LogP) is 4.18. The third kappa shape index (κ3) is 2.95. The van der Waals surface area contributed by atoms with Gasteiger partial charge in [0, 0.05) is 11.5 Å². The van der Waals surface area contributed by atoms with Crippen molar-refractivity contribution >= 4 is 15.9 Å². The van der Waals surface area contributed by atoms with Crippen LogP contribution in [0.4, 0.5) is 0 Å². The molecule has 0 aliphatic heterocycles. The van der Waals surface area contributed by atoms with Gasteiger partial charge < -0.3 is 4.74 Å². The lowest BCUT2D eigenvalue weighted by Crippen LogP contribution is -1.96. The molecule has 3 nitrogen and oxygen atoms in total. The molecule has 0 bridgehead atoms. The summed E-state index contributed by atoms with van der Waals surface area (Å²) in [7, 11) is 0. The van der Waals surface area contributed by atoms with Gasteiger partial charge in [0.15, 0.2) is 0 Å². The highest BCUT2D eigenvalue weighted by molar-refractivity contribution is 9.10. The van der Waals surface area contributed by atoms with Crippen molar-refractivity contribution in [3.05, 3.63) is 40.8 Å². The van der Waals surface area contributed by atoms with Crippen LogP contribution >= 0.6 is 15.9 Å². The zero-order valence-electron chi connectivity index (χ0n) is 10.8. The second-order valence-electron chi connectivity index (χ2n) is 4.67. The summed E-state index contributed by atoms with van der Waals surface area (Å²) in [5.41, 5.74) is 2.06. The monoisotopic (exact) mass is 318 g/mol. The molecule has 1 aromatic carbocycles. The fourth-order valence-electron chi connectivity index (χ4n) is 2.00. The van der Waals surface area contributed by atoms with E-state index in [0.717, 1.165) is 27.4 Å². The maximum atomic E-state index is 5.45. The van der Waals surface area contributed by atoms with E-state index < -0.39 is 0 Å². The first-order valence-electron chi connectivity index (χ1n) is 6.54. The Hall–Kier alpha value is -1.42. The van der Waals surface area contributed by atoms with E-state index in [2.05, 4.69) is 25.9 Å². The summed E-state index contributed by atoms with van der Waals surface area (Å²) >= 11 is 3.47. The Kier molecular flexibility index (Phi) is 3.51. The van der Waals surface area contributed by atoms with Gasteiger partial charge in [0.25, 0.3) is 0 Å². The Balaban J connectivity index is 1.92. The van der Waals surface area contributed by atoms with Gasteiger partial charge in [-0.25, -0.2) is 9.97 Å². The van der Waals surface area contributed by atoms with E-state index >= 15 is 0 Å². The van der Waals surface area contributed by atoms with Gasteiger partial charge >= 0.3 is 0 Å². The average molecular weight is 319 g/mol. The standard InChI is InChI=1S/C15H15BrN2O/c1-2-19-12-7-5-10(6-8-12)13-9-14(16)18-15(17-13)11-3-4-11/h5-9,11H,2-4H2,1H3. The third-order valence-corrected chi connectivity index (χ3v) is 3.52. The zero-order valence-corrected chi connectivity index (χ0v) is 12.4. The maximum Gasteiger partial charge on any atom is 0.133 e. The molecule has 1 aliphatic rings. The molecule has 0 N–H and O–H groups in total. The number of nitrogens with zero attached hydrogens (tertiary/aromatic N) is 2. The van der Waals surface area contributed by atoms with Crippen molar-refractivity contribution < 1.29 is 4.74 Å². The van der Waals surface area contributed by atoms with Gasteiger partial charge in [0.1, 0.15) is 16.2 Å². The van der Waals surface area contributed by atoms with Crippen LogP contribution in [0.5, 0.6) is 5.75 Å². The quantitative estimate of drug-likeness (QED) is 0.793. The first-order chi connectivity index (χ1) is 9.26. The fourth-order valence-corrected chi connectivity index (χ4v) is 2.39. The molecule has 19 heavy (non-hydrogen) atoms. The van der Waals surface area contributed by atoms with Crippen molar-refractivity contribution in [2.45, 2.75) is 25.7 Å². The molecule has 0 unspecified atom stereocenters. The number of benzene rings is 1. The van der Waals surface area contributed by atoms with Gasteiger partial charge in [-0.05, 0) is 66.0 Å². The molecule has 0 spiro atoms. The molecule has 1 aliphatic carbocycles. The molecule has 0 amide bonds. The van der Waals surface area contributed by atoms with Gasteiger partial charge in [-0.15, -0.1) is 0 Å². The van der Waals surface area contributed by atoms with Crippen LogP contribution in [0, 0.1) is 0 Å². The minimum Gasteiger partial charge on any atom is -0.494 e. The predicted molar refractivity (Wildman–Crippen MR) is 78.3 cm³/mol. The fraction of sp³-hybridized carbons (Fsp3) is 0.333. The van der Waals surface area contributed by atoms with Crippen molar-refractivity contribution in [2.24, 2.45) is 0 Å². The Morgan fingerprint density at radius 2 is 1.95 bits per heavy atom. The molecular formula is C15H15BrN2O. The molecule has 1 fully saturated rings. The van der Waals surface area contributed by atoms with Crippen molar-refractivity contribution in [1.82, 2.24) is 9.97 Å². The van der Waals surface area contributed by atoms with Crippen LogP contribution in [0.15, 0.2) is 34.9 Å². The van der Waals surface area contributed by atoms with E-state index in [1.54, 1.807) is 0 Å². The van der Waals surface area contributed by atoms with E-state index in [1.807, 2.05) is 37.3 Å². The second kappa shape index (κ2) is 5.29. The lowest BCUT2D eigenvalue weighted by Gasteiger charge is -2.06. The summed E-state index contributed by atoms with van der Waals surface area (Å²) in [5, 5.41) is 0. The topological polar surface area (TPSA) is 35.0 Å². The highest BCUT2D eigenvalue weighted by Gasteiger charge is 2.27. The smallest absolute Gasteiger partial charge is 0.133 e. The Morgan fingerprint density at radius 3 is 2.58 bits per heavy atom. The van der Waals surface area contributed by atoms with Crippen molar-refractivity contribution in [2.75, 3.05) is 6.61 Å². The second-order valence-corrected chi connectivity index (χ2v) is 5.48. The van der Waals surface area contributed by atoms with Gasteiger partial charge in [-0.1, -0.05) is 0 Å². The van der Waals surface area contributed by atoms with Crippen LogP contribution in [0.3, 0.4) is 0 Å². The SMILES string of the molecule is CCOc1ccc(-c2cc(Br)nc(C3CC3)n2)cc1. The molecule has 1 saturated carbocycles. The summed E-state index contributed by atoms with van der Waals surface area (Å²) in [6.45, 7) is 2.67. The summed E-state index contributed by atoms with van der Waals surface area (Å²) in [6, 6.07) is 9.99. The van der Waals surface area contributed by atoms with E-state index in [1.165, 1.54) is 12.8 Å². The minimum absolute atomic E-state index is 0.555. The van der Waals surface area contributed by atoms with Crippen molar-refractivity contribution in [3.63, 3.8) is 0 Å². The van der Waals surface area contributed by atoms with E-state index in [-0.39, 0.29) is 0 Å². The van der Waals surface area contributed by atoms with Crippen molar-refractivity contribution in [3.8, 4) is 17.0 Å². The van der Waals surface area contributed by atoms with Crippen LogP contribution in [0.1, 0.15) is 31.5 Å². The number of ether oxygens (including phenoxy) is 1. The van der Waals surface area contributed by atoms with Crippen LogP contribution < -0.4 is 4.74 Å². The lowest BCUT2D eigenvalue weighted by atomic mass is 10.1. The molecule has 2 aromatic rings.